The molecule has 3 fully saturated rings. The first-order valence-electron chi connectivity index (χ1n) is 12.4. The molecule has 4 nitrogen and oxygen atoms in total. The molecule has 9 atom stereocenters. The molecule has 0 saturated heterocycles. The highest BCUT2D eigenvalue weighted by Crippen LogP contribution is 2.66. The monoisotopic (exact) mass is 430 g/mol. The molecule has 4 aliphatic carbocycles. The van der Waals surface area contributed by atoms with E-state index in [0.717, 1.165) is 44.1 Å². The van der Waals surface area contributed by atoms with Gasteiger partial charge in [-0.25, -0.2) is 0 Å². The van der Waals surface area contributed by atoms with E-state index in [1.165, 1.54) is 5.57 Å². The Morgan fingerprint density at radius 2 is 1.87 bits per heavy atom. The van der Waals surface area contributed by atoms with Crippen molar-refractivity contribution in [2.75, 3.05) is 0 Å². The van der Waals surface area contributed by atoms with Crippen LogP contribution in [0.3, 0.4) is 0 Å². The predicted octanol–water partition coefficient (Wildman–Crippen LogP) is 4.57. The van der Waals surface area contributed by atoms with Crippen LogP contribution in [-0.2, 0) is 4.79 Å². The van der Waals surface area contributed by atoms with Gasteiger partial charge in [0, 0.05) is 6.42 Å². The maximum absolute atomic E-state index is 12.5. The molecule has 4 aliphatic rings. The van der Waals surface area contributed by atoms with E-state index < -0.39 is 5.60 Å². The Morgan fingerprint density at radius 3 is 2.55 bits per heavy atom. The standard InChI is InChI=1S/C27H42O4/c1-16(2)12-18(29)15-27(5,31)24-7-6-20-19-14-23(30)22-13-17(28)8-10-25(22,3)21(19)9-11-26(20,24)4/h9,12,17,19-20,22-24,28,30-31H,6-8,10-11,13-15H2,1-5H3/t17-,19?,20?,22+,23-,24-,25+,26-,27?/m0/s1. The van der Waals surface area contributed by atoms with Gasteiger partial charge in [-0.3, -0.25) is 4.79 Å². The fourth-order valence-corrected chi connectivity index (χ4v) is 8.42. The molecule has 3 unspecified atom stereocenters. The summed E-state index contributed by atoms with van der Waals surface area (Å²) in [6, 6.07) is 0. The van der Waals surface area contributed by atoms with Gasteiger partial charge in [0.15, 0.2) is 5.78 Å². The van der Waals surface area contributed by atoms with E-state index in [4.69, 9.17) is 0 Å². The van der Waals surface area contributed by atoms with Crippen LogP contribution in [0.1, 0.15) is 86.0 Å². The lowest BCUT2D eigenvalue weighted by molar-refractivity contribution is -0.126. The lowest BCUT2D eigenvalue weighted by atomic mass is 9.47. The average molecular weight is 431 g/mol. The van der Waals surface area contributed by atoms with E-state index in [1.54, 1.807) is 6.08 Å². The lowest BCUT2D eigenvalue weighted by Gasteiger charge is -2.58. The molecule has 3 saturated carbocycles. The van der Waals surface area contributed by atoms with E-state index in [9.17, 15) is 20.1 Å². The molecule has 0 aromatic carbocycles. The van der Waals surface area contributed by atoms with Crippen molar-refractivity contribution in [3.05, 3.63) is 23.3 Å². The summed E-state index contributed by atoms with van der Waals surface area (Å²) in [5.74, 6) is 1.01. The minimum atomic E-state index is -1.02. The lowest BCUT2D eigenvalue weighted by Crippen LogP contribution is -2.54. The van der Waals surface area contributed by atoms with Crippen LogP contribution in [0.4, 0.5) is 0 Å². The molecule has 3 N–H and O–H groups in total. The topological polar surface area (TPSA) is 77.8 Å². The molecular weight excluding hydrogens is 388 g/mol. The van der Waals surface area contributed by atoms with Gasteiger partial charge in [-0.1, -0.05) is 31.1 Å². The molecule has 0 aliphatic heterocycles. The normalized spacial score (nSPS) is 46.1. The zero-order valence-corrected chi connectivity index (χ0v) is 20.0. The molecule has 0 heterocycles. The van der Waals surface area contributed by atoms with Crippen LogP contribution in [-0.4, -0.2) is 38.9 Å². The number of fused-ring (bicyclic) bond motifs is 5. The summed E-state index contributed by atoms with van der Waals surface area (Å²) in [5.41, 5.74) is 1.38. The van der Waals surface area contributed by atoms with E-state index in [0.29, 0.717) is 18.3 Å². The quantitative estimate of drug-likeness (QED) is 0.451. The minimum absolute atomic E-state index is 0.00768. The minimum Gasteiger partial charge on any atom is -0.393 e. The molecule has 0 amide bonds. The number of ketones is 1. The number of hydrogen-bond acceptors (Lipinski definition) is 4. The number of aliphatic hydroxyl groups is 3. The highest BCUT2D eigenvalue weighted by molar-refractivity contribution is 5.90. The second-order valence-electron chi connectivity index (χ2n) is 12.2. The first kappa shape index (κ1) is 23.2. The summed E-state index contributed by atoms with van der Waals surface area (Å²) in [6.07, 6.45) is 9.74. The third-order valence-corrected chi connectivity index (χ3v) is 9.75. The zero-order chi connectivity index (χ0) is 22.8. The SMILES string of the molecule is CC(C)=CC(=O)CC(C)(O)[C@H]1CCC2C3C[C@H](O)[C@H]4C[C@@H](O)CC[C@]4(C)C3=CC[C@@]21C. The average Bonchev–Trinajstić information content (AvgIpc) is 3.00. The van der Waals surface area contributed by atoms with Crippen molar-refractivity contribution in [3.8, 4) is 0 Å². The number of hydrogen-bond donors (Lipinski definition) is 3. The highest BCUT2D eigenvalue weighted by Gasteiger charge is 2.61. The van der Waals surface area contributed by atoms with Gasteiger partial charge in [-0.05, 0) is 106 Å². The van der Waals surface area contributed by atoms with E-state index in [2.05, 4.69) is 19.9 Å². The van der Waals surface area contributed by atoms with E-state index in [-0.39, 0.29) is 47.1 Å². The van der Waals surface area contributed by atoms with Crippen molar-refractivity contribution >= 4 is 5.78 Å². The first-order chi connectivity index (χ1) is 14.4. The number of carbonyl (C=O) groups excluding carboxylic acids is 1. The summed E-state index contributed by atoms with van der Waals surface area (Å²) in [4.78, 5) is 12.5. The van der Waals surface area contributed by atoms with Gasteiger partial charge >= 0.3 is 0 Å². The molecule has 0 aromatic heterocycles. The predicted molar refractivity (Wildman–Crippen MR) is 122 cm³/mol. The van der Waals surface area contributed by atoms with E-state index >= 15 is 0 Å². The molecular formula is C27H42O4. The second-order valence-corrected chi connectivity index (χ2v) is 12.2. The highest BCUT2D eigenvalue weighted by atomic mass is 16.3. The summed E-state index contributed by atoms with van der Waals surface area (Å²) in [7, 11) is 0. The van der Waals surface area contributed by atoms with Crippen molar-refractivity contribution in [3.63, 3.8) is 0 Å². The summed E-state index contributed by atoms with van der Waals surface area (Å²) < 4.78 is 0. The number of aliphatic hydroxyl groups excluding tert-OH is 2. The zero-order valence-electron chi connectivity index (χ0n) is 20.0. The molecule has 174 valence electrons. The molecule has 4 rings (SSSR count). The van der Waals surface area contributed by atoms with Crippen molar-refractivity contribution in [2.45, 2.75) is 104 Å². The molecule has 31 heavy (non-hydrogen) atoms. The summed E-state index contributed by atoms with van der Waals surface area (Å²) >= 11 is 0. The Morgan fingerprint density at radius 1 is 1.16 bits per heavy atom. The second kappa shape index (κ2) is 7.81. The van der Waals surface area contributed by atoms with Gasteiger partial charge in [0.05, 0.1) is 17.8 Å². The fourth-order valence-electron chi connectivity index (χ4n) is 8.42. The maximum Gasteiger partial charge on any atom is 0.158 e. The van der Waals surface area contributed by atoms with Crippen molar-refractivity contribution < 1.29 is 20.1 Å². The van der Waals surface area contributed by atoms with Gasteiger partial charge < -0.3 is 15.3 Å². The first-order valence-corrected chi connectivity index (χ1v) is 12.4. The largest absolute Gasteiger partial charge is 0.393 e. The molecule has 0 spiro atoms. The Kier molecular flexibility index (Phi) is 5.85. The Bertz CT molecular complexity index is 791. The molecule has 0 aromatic rings. The van der Waals surface area contributed by atoms with Crippen LogP contribution >= 0.6 is 0 Å². The van der Waals surface area contributed by atoms with Crippen LogP contribution in [0.2, 0.25) is 0 Å². The number of rotatable bonds is 4. The van der Waals surface area contributed by atoms with Crippen molar-refractivity contribution in [1.82, 2.24) is 0 Å². The summed E-state index contributed by atoms with van der Waals surface area (Å²) in [5, 5.41) is 32.8. The summed E-state index contributed by atoms with van der Waals surface area (Å²) in [6.45, 7) is 10.3. The number of allylic oxidation sites excluding steroid dienone is 4. The van der Waals surface area contributed by atoms with Crippen LogP contribution < -0.4 is 0 Å². The number of carbonyl (C=O) groups is 1. The fraction of sp³-hybridized carbons (Fsp3) is 0.815. The van der Waals surface area contributed by atoms with Crippen LogP contribution in [0.15, 0.2) is 23.3 Å². The van der Waals surface area contributed by atoms with Crippen molar-refractivity contribution in [2.24, 2.45) is 34.5 Å². The third-order valence-electron chi connectivity index (χ3n) is 9.75. The molecule has 0 bridgehead atoms. The van der Waals surface area contributed by atoms with Gasteiger partial charge in [0.25, 0.3) is 0 Å². The van der Waals surface area contributed by atoms with Gasteiger partial charge in [-0.2, -0.15) is 0 Å². The molecule has 4 heteroatoms. The molecule has 0 radical (unpaired) electrons. The van der Waals surface area contributed by atoms with Crippen molar-refractivity contribution in [1.29, 1.82) is 0 Å². The smallest absolute Gasteiger partial charge is 0.158 e. The third kappa shape index (κ3) is 3.77. The Balaban J connectivity index is 1.62. The van der Waals surface area contributed by atoms with Gasteiger partial charge in [0.2, 0.25) is 0 Å². The van der Waals surface area contributed by atoms with Gasteiger partial charge in [-0.15, -0.1) is 0 Å². The maximum atomic E-state index is 12.5. The van der Waals surface area contributed by atoms with Crippen LogP contribution in [0.5, 0.6) is 0 Å². The van der Waals surface area contributed by atoms with Crippen LogP contribution in [0.25, 0.3) is 0 Å². The van der Waals surface area contributed by atoms with E-state index in [1.807, 2.05) is 20.8 Å². The van der Waals surface area contributed by atoms with Crippen LogP contribution in [0, 0.1) is 34.5 Å². The Labute approximate surface area is 187 Å². The Hall–Kier alpha value is -0.970. The van der Waals surface area contributed by atoms with Gasteiger partial charge in [0.1, 0.15) is 0 Å².